The van der Waals surface area contributed by atoms with Crippen molar-refractivity contribution in [1.29, 1.82) is 0 Å². The maximum Gasteiger partial charge on any atom is 0.254 e. The van der Waals surface area contributed by atoms with Gasteiger partial charge in [-0.2, -0.15) is 0 Å². The van der Waals surface area contributed by atoms with Crippen LogP contribution in [0.15, 0.2) is 35.2 Å². The first-order valence-corrected chi connectivity index (χ1v) is 11.9. The molecule has 1 aromatic heterocycles. The van der Waals surface area contributed by atoms with Gasteiger partial charge in [-0.05, 0) is 70.9 Å². The Morgan fingerprint density at radius 1 is 1.24 bits per heavy atom. The molecule has 1 aliphatic heterocycles. The Kier molecular flexibility index (Phi) is 6.08. The minimum Gasteiger partial charge on any atom is -0.495 e. The van der Waals surface area contributed by atoms with Crippen molar-refractivity contribution < 1.29 is 17.9 Å². The molecule has 1 fully saturated rings. The number of amides is 1. The summed E-state index contributed by atoms with van der Waals surface area (Å²) in [6.07, 6.45) is 1.85. The monoisotopic (exact) mass is 436 g/mol. The number of nitrogens with one attached hydrogen (secondary N) is 1. The summed E-state index contributed by atoms with van der Waals surface area (Å²) in [6.45, 7) is 8.02. The molecule has 29 heavy (non-hydrogen) atoms. The maximum absolute atomic E-state index is 13.3. The van der Waals surface area contributed by atoms with Crippen LogP contribution in [-0.2, 0) is 10.0 Å². The molecule has 1 amide bonds. The van der Waals surface area contributed by atoms with Crippen LogP contribution >= 0.6 is 11.3 Å². The van der Waals surface area contributed by atoms with Crippen molar-refractivity contribution in [1.82, 2.24) is 9.62 Å². The van der Waals surface area contributed by atoms with Crippen molar-refractivity contribution in [3.8, 4) is 5.75 Å². The van der Waals surface area contributed by atoms with Crippen molar-refractivity contribution in [3.63, 3.8) is 0 Å². The number of rotatable bonds is 5. The minimum atomic E-state index is -3.85. The van der Waals surface area contributed by atoms with E-state index in [2.05, 4.69) is 23.8 Å². The van der Waals surface area contributed by atoms with E-state index in [1.807, 2.05) is 4.90 Å². The maximum atomic E-state index is 13.3. The molecule has 1 aromatic carbocycles. The Balaban J connectivity index is 1.95. The number of nitrogens with zero attached hydrogens (tertiary/aromatic N) is 1. The third kappa shape index (κ3) is 4.82. The van der Waals surface area contributed by atoms with Gasteiger partial charge >= 0.3 is 0 Å². The number of hydrogen-bond donors (Lipinski definition) is 1. The summed E-state index contributed by atoms with van der Waals surface area (Å²) in [7, 11) is -2.43. The molecule has 6 nitrogen and oxygen atoms in total. The van der Waals surface area contributed by atoms with E-state index in [1.54, 1.807) is 44.2 Å². The molecule has 0 spiro atoms. The number of benzene rings is 1. The number of carbonyl (C=O) groups is 1. The van der Waals surface area contributed by atoms with E-state index in [0.29, 0.717) is 12.1 Å². The number of sulfonamides is 1. The molecule has 158 valence electrons. The summed E-state index contributed by atoms with van der Waals surface area (Å²) in [5.74, 6) is 0.0542. The Morgan fingerprint density at radius 2 is 1.97 bits per heavy atom. The van der Waals surface area contributed by atoms with Gasteiger partial charge in [0.25, 0.3) is 5.91 Å². The first kappa shape index (κ1) is 21.8. The topological polar surface area (TPSA) is 75.7 Å². The van der Waals surface area contributed by atoms with E-state index >= 15 is 0 Å². The zero-order chi connectivity index (χ0) is 21.4. The first-order chi connectivity index (χ1) is 13.5. The van der Waals surface area contributed by atoms with E-state index in [1.165, 1.54) is 22.9 Å². The van der Waals surface area contributed by atoms with Crippen LogP contribution in [0.2, 0.25) is 0 Å². The third-order valence-electron chi connectivity index (χ3n) is 4.74. The molecule has 0 saturated carbocycles. The SMILES string of the molecule is COc1ccc(C(=O)N2CCCC2c2ccc(C)s2)cc1S(=O)(=O)NC(C)(C)C. The van der Waals surface area contributed by atoms with Gasteiger partial charge in [0, 0.05) is 27.4 Å². The molecular weight excluding hydrogens is 408 g/mol. The highest BCUT2D eigenvalue weighted by atomic mass is 32.2. The molecule has 3 rings (SSSR count). The second-order valence-corrected chi connectivity index (χ2v) is 11.3. The van der Waals surface area contributed by atoms with Crippen LogP contribution in [0.4, 0.5) is 0 Å². The van der Waals surface area contributed by atoms with Gasteiger partial charge in [-0.15, -0.1) is 11.3 Å². The standard InChI is InChI=1S/C21H28N2O4S2/c1-14-8-11-18(28-14)16-7-6-12-23(16)20(24)15-9-10-17(27-5)19(13-15)29(25,26)22-21(2,3)4/h8-11,13,16,22H,6-7,12H2,1-5H3. The van der Waals surface area contributed by atoms with Gasteiger partial charge < -0.3 is 9.64 Å². The summed E-state index contributed by atoms with van der Waals surface area (Å²) < 4.78 is 33.7. The van der Waals surface area contributed by atoms with Crippen molar-refractivity contribution >= 4 is 27.3 Å². The second-order valence-electron chi connectivity index (χ2n) is 8.33. The number of thiophene rings is 1. The first-order valence-electron chi connectivity index (χ1n) is 9.61. The molecule has 0 aliphatic carbocycles. The molecular formula is C21H28N2O4S2. The normalized spacial score (nSPS) is 17.6. The highest BCUT2D eigenvalue weighted by molar-refractivity contribution is 7.89. The number of methoxy groups -OCH3 is 1. The smallest absolute Gasteiger partial charge is 0.254 e. The van der Waals surface area contributed by atoms with E-state index < -0.39 is 15.6 Å². The van der Waals surface area contributed by atoms with Crippen molar-refractivity contribution in [2.75, 3.05) is 13.7 Å². The largest absolute Gasteiger partial charge is 0.495 e. The fourth-order valence-electron chi connectivity index (χ4n) is 3.58. The predicted octanol–water partition coefficient (Wildman–Crippen LogP) is 4.12. The fourth-order valence-corrected chi connectivity index (χ4v) is 6.22. The van der Waals surface area contributed by atoms with Gasteiger partial charge in [0.15, 0.2) is 0 Å². The molecule has 0 bridgehead atoms. The minimum absolute atomic E-state index is 0.0245. The molecule has 1 saturated heterocycles. The van der Waals surface area contributed by atoms with Gasteiger partial charge in [0.1, 0.15) is 10.6 Å². The lowest BCUT2D eigenvalue weighted by Gasteiger charge is -2.25. The zero-order valence-electron chi connectivity index (χ0n) is 17.5. The molecule has 8 heteroatoms. The highest BCUT2D eigenvalue weighted by Gasteiger charge is 2.33. The van der Waals surface area contributed by atoms with Crippen LogP contribution in [0.25, 0.3) is 0 Å². The lowest BCUT2D eigenvalue weighted by Crippen LogP contribution is -2.40. The molecule has 1 unspecified atom stereocenters. The van der Waals surface area contributed by atoms with Crippen molar-refractivity contribution in [3.05, 3.63) is 45.6 Å². The van der Waals surface area contributed by atoms with Gasteiger partial charge in [-0.3, -0.25) is 4.79 Å². The van der Waals surface area contributed by atoms with E-state index in [-0.39, 0.29) is 22.6 Å². The molecule has 1 aliphatic rings. The lowest BCUT2D eigenvalue weighted by atomic mass is 10.1. The quantitative estimate of drug-likeness (QED) is 0.765. The average molecular weight is 437 g/mol. The van der Waals surface area contributed by atoms with E-state index in [4.69, 9.17) is 4.74 Å². The zero-order valence-corrected chi connectivity index (χ0v) is 19.1. The average Bonchev–Trinajstić information content (AvgIpc) is 3.27. The lowest BCUT2D eigenvalue weighted by molar-refractivity contribution is 0.0737. The van der Waals surface area contributed by atoms with Crippen LogP contribution < -0.4 is 9.46 Å². The van der Waals surface area contributed by atoms with Gasteiger partial charge in [0.2, 0.25) is 10.0 Å². The van der Waals surface area contributed by atoms with Gasteiger partial charge in [-0.1, -0.05) is 0 Å². The van der Waals surface area contributed by atoms with E-state index in [9.17, 15) is 13.2 Å². The Hall–Kier alpha value is -1.90. The number of ether oxygens (including phenoxy) is 1. The van der Waals surface area contributed by atoms with Crippen LogP contribution in [-0.4, -0.2) is 38.4 Å². The Labute approximate surface area is 176 Å². The summed E-state index contributed by atoms with van der Waals surface area (Å²) in [6, 6.07) is 8.78. The number of hydrogen-bond acceptors (Lipinski definition) is 5. The molecule has 2 aromatic rings. The van der Waals surface area contributed by atoms with E-state index in [0.717, 1.165) is 12.8 Å². The fraction of sp³-hybridized carbons (Fsp3) is 0.476. The van der Waals surface area contributed by atoms with Gasteiger partial charge in [-0.25, -0.2) is 13.1 Å². The molecule has 2 heterocycles. The molecule has 1 N–H and O–H groups in total. The summed E-state index contributed by atoms with van der Waals surface area (Å²) in [4.78, 5) is 17.5. The molecule has 0 radical (unpaired) electrons. The molecule has 1 atom stereocenters. The Morgan fingerprint density at radius 3 is 2.55 bits per heavy atom. The van der Waals surface area contributed by atoms with Crippen LogP contribution in [0.1, 0.15) is 59.8 Å². The highest BCUT2D eigenvalue weighted by Crippen LogP contribution is 2.37. The summed E-state index contributed by atoms with van der Waals surface area (Å²) in [5.41, 5.74) is -0.304. The van der Waals surface area contributed by atoms with Crippen LogP contribution in [0.3, 0.4) is 0 Å². The van der Waals surface area contributed by atoms with Crippen molar-refractivity contribution in [2.45, 2.75) is 57.0 Å². The number of aryl methyl sites for hydroxylation is 1. The van der Waals surface area contributed by atoms with Crippen molar-refractivity contribution in [2.24, 2.45) is 0 Å². The number of likely N-dealkylation sites (tertiary alicyclic amines) is 1. The summed E-state index contributed by atoms with van der Waals surface area (Å²) >= 11 is 1.70. The summed E-state index contributed by atoms with van der Waals surface area (Å²) in [5, 5.41) is 0. The van der Waals surface area contributed by atoms with Crippen LogP contribution in [0, 0.1) is 6.92 Å². The number of carbonyl (C=O) groups excluding carboxylic acids is 1. The second kappa shape index (κ2) is 8.08. The predicted molar refractivity (Wildman–Crippen MR) is 115 cm³/mol. The Bertz CT molecular complexity index is 1010. The third-order valence-corrected chi connectivity index (χ3v) is 7.62. The van der Waals surface area contributed by atoms with Crippen LogP contribution in [0.5, 0.6) is 5.75 Å². The van der Waals surface area contributed by atoms with Gasteiger partial charge in [0.05, 0.1) is 13.2 Å².